The molecule has 3 aromatic rings. The summed E-state index contributed by atoms with van der Waals surface area (Å²) in [7, 11) is -3.81. The van der Waals surface area contributed by atoms with Gasteiger partial charge in [0.15, 0.2) is 0 Å². The van der Waals surface area contributed by atoms with Crippen LogP contribution in [0.15, 0.2) is 77.7 Å². The minimum Gasteiger partial charge on any atom is -0.378 e. The van der Waals surface area contributed by atoms with Crippen molar-refractivity contribution in [1.82, 2.24) is 0 Å². The Balaban J connectivity index is 1.49. The monoisotopic (exact) mass is 504 g/mol. The smallest absolute Gasteiger partial charge is 0.261 e. The summed E-state index contributed by atoms with van der Waals surface area (Å²) in [5.41, 5.74) is 3.39. The molecule has 0 radical (unpaired) electrons. The fraction of sp³-hybridized carbons (Fsp3) is 0.167. The van der Waals surface area contributed by atoms with Gasteiger partial charge in [-0.05, 0) is 72.0 Å². The van der Waals surface area contributed by atoms with Crippen LogP contribution in [0.5, 0.6) is 0 Å². The molecule has 8 heteroatoms. The number of fused-ring (bicyclic) bond motifs is 3. The second-order valence-corrected chi connectivity index (χ2v) is 11.0. The van der Waals surface area contributed by atoms with Crippen molar-refractivity contribution in [2.75, 3.05) is 10.0 Å². The molecule has 164 valence electrons. The predicted molar refractivity (Wildman–Crippen MR) is 132 cm³/mol. The first-order chi connectivity index (χ1) is 15.3. The Hall–Kier alpha value is -2.18. The summed E-state index contributed by atoms with van der Waals surface area (Å²) in [5.74, 6) is 0.420. The van der Waals surface area contributed by atoms with Gasteiger partial charge in [-0.3, -0.25) is 4.72 Å². The van der Waals surface area contributed by atoms with Crippen LogP contribution in [0.4, 0.5) is 11.4 Å². The van der Waals surface area contributed by atoms with E-state index in [1.54, 1.807) is 18.2 Å². The highest BCUT2D eigenvalue weighted by Crippen LogP contribution is 2.50. The molecule has 0 aromatic heterocycles. The van der Waals surface area contributed by atoms with E-state index in [4.69, 9.17) is 34.8 Å². The van der Waals surface area contributed by atoms with Gasteiger partial charge in [-0.25, -0.2) is 8.42 Å². The van der Waals surface area contributed by atoms with Gasteiger partial charge in [0.2, 0.25) is 0 Å². The third kappa shape index (κ3) is 4.11. The maximum atomic E-state index is 13.1. The van der Waals surface area contributed by atoms with E-state index in [1.807, 2.05) is 30.3 Å². The summed E-state index contributed by atoms with van der Waals surface area (Å²) in [5, 5.41) is 5.03. The molecule has 32 heavy (non-hydrogen) atoms. The molecule has 3 atom stereocenters. The van der Waals surface area contributed by atoms with Crippen molar-refractivity contribution in [3.63, 3.8) is 0 Å². The van der Waals surface area contributed by atoms with Gasteiger partial charge in [0, 0.05) is 26.7 Å². The zero-order valence-electron chi connectivity index (χ0n) is 16.7. The largest absolute Gasteiger partial charge is 0.378 e. The fourth-order valence-corrected chi connectivity index (χ4v) is 6.29. The molecule has 5 rings (SSSR count). The van der Waals surface area contributed by atoms with Crippen molar-refractivity contribution in [2.24, 2.45) is 5.92 Å². The Morgan fingerprint density at radius 3 is 2.31 bits per heavy atom. The number of nitrogens with one attached hydrogen (secondary N) is 2. The molecular formula is C24H19Cl3N2O2S. The van der Waals surface area contributed by atoms with Gasteiger partial charge in [0.1, 0.15) is 0 Å². The zero-order chi connectivity index (χ0) is 22.5. The number of anilines is 2. The standard InChI is InChI=1S/C24H19Cl3N2O2S/c25-15-6-4-14(5-7-15)24-21-3-1-2-20(21)22-13-19(8-9-23(22)28-24)32(30,31)29-18-11-16(26)10-17(27)12-18/h1-2,4-13,20-21,24,28-29H,3H2/t20-,21+,24+/m0/s1. The van der Waals surface area contributed by atoms with E-state index in [9.17, 15) is 8.42 Å². The van der Waals surface area contributed by atoms with Gasteiger partial charge in [-0.2, -0.15) is 0 Å². The van der Waals surface area contributed by atoms with Crippen molar-refractivity contribution in [3.05, 3.63) is 99.0 Å². The topological polar surface area (TPSA) is 58.2 Å². The van der Waals surface area contributed by atoms with E-state index in [1.165, 1.54) is 12.1 Å². The lowest BCUT2D eigenvalue weighted by molar-refractivity contribution is 0.425. The summed E-state index contributed by atoms with van der Waals surface area (Å²) in [6.07, 6.45) is 5.26. The Morgan fingerprint density at radius 1 is 0.875 bits per heavy atom. The first kappa shape index (κ1) is 21.7. The van der Waals surface area contributed by atoms with Crippen molar-refractivity contribution in [3.8, 4) is 0 Å². The van der Waals surface area contributed by atoms with Crippen molar-refractivity contribution >= 4 is 56.2 Å². The first-order valence-electron chi connectivity index (χ1n) is 10.1. The second-order valence-electron chi connectivity index (χ2n) is 8.04. The molecule has 1 aliphatic carbocycles. The number of halogens is 3. The van der Waals surface area contributed by atoms with Crippen LogP contribution < -0.4 is 10.0 Å². The average Bonchev–Trinajstić information content (AvgIpc) is 3.22. The van der Waals surface area contributed by atoms with Crippen LogP contribution in [-0.4, -0.2) is 8.42 Å². The molecule has 0 unspecified atom stereocenters. The summed E-state index contributed by atoms with van der Waals surface area (Å²) in [4.78, 5) is 0.193. The maximum absolute atomic E-state index is 13.1. The molecule has 0 bridgehead atoms. The molecule has 3 aromatic carbocycles. The van der Waals surface area contributed by atoms with Gasteiger partial charge in [0.05, 0.1) is 16.6 Å². The molecule has 0 spiro atoms. The molecule has 0 amide bonds. The van der Waals surface area contributed by atoms with E-state index < -0.39 is 10.0 Å². The maximum Gasteiger partial charge on any atom is 0.261 e. The average molecular weight is 506 g/mol. The predicted octanol–water partition coefficient (Wildman–Crippen LogP) is 7.27. The molecule has 2 N–H and O–H groups in total. The molecule has 1 aliphatic heterocycles. The van der Waals surface area contributed by atoms with Crippen molar-refractivity contribution < 1.29 is 8.42 Å². The van der Waals surface area contributed by atoms with Gasteiger partial charge >= 0.3 is 0 Å². The van der Waals surface area contributed by atoms with Crippen LogP contribution >= 0.6 is 34.8 Å². The summed E-state index contributed by atoms with van der Waals surface area (Å²) in [6.45, 7) is 0. The Kier molecular flexibility index (Phi) is 5.62. The van der Waals surface area contributed by atoms with E-state index in [2.05, 4.69) is 22.2 Å². The molecule has 1 heterocycles. The summed E-state index contributed by atoms with van der Waals surface area (Å²) in [6, 6.07) is 17.8. The Bertz CT molecular complexity index is 1300. The highest BCUT2D eigenvalue weighted by Gasteiger charge is 2.38. The van der Waals surface area contributed by atoms with E-state index >= 15 is 0 Å². The van der Waals surface area contributed by atoms with Crippen LogP contribution in [0, 0.1) is 5.92 Å². The van der Waals surface area contributed by atoms with Crippen LogP contribution in [0.3, 0.4) is 0 Å². The number of benzene rings is 3. The van der Waals surface area contributed by atoms with Crippen LogP contribution in [0.1, 0.15) is 29.5 Å². The van der Waals surface area contributed by atoms with Crippen molar-refractivity contribution in [2.45, 2.75) is 23.3 Å². The summed E-state index contributed by atoms with van der Waals surface area (Å²) >= 11 is 18.1. The number of hydrogen-bond acceptors (Lipinski definition) is 3. The third-order valence-corrected chi connectivity index (χ3v) is 8.06. The third-order valence-electron chi connectivity index (χ3n) is 5.99. The molecule has 0 saturated heterocycles. The second kappa shape index (κ2) is 8.31. The lowest BCUT2D eigenvalue weighted by atomic mass is 9.77. The van der Waals surface area contributed by atoms with Crippen molar-refractivity contribution in [1.29, 1.82) is 0 Å². The van der Waals surface area contributed by atoms with Crippen LogP contribution in [0.25, 0.3) is 0 Å². The molecule has 4 nitrogen and oxygen atoms in total. The number of hydrogen-bond donors (Lipinski definition) is 2. The van der Waals surface area contributed by atoms with Gasteiger partial charge < -0.3 is 5.32 Å². The minimum atomic E-state index is -3.81. The quantitative estimate of drug-likeness (QED) is 0.366. The van der Waals surface area contributed by atoms with E-state index in [0.29, 0.717) is 26.7 Å². The number of sulfonamides is 1. The van der Waals surface area contributed by atoms with E-state index in [-0.39, 0.29) is 16.9 Å². The fourth-order valence-electron chi connectivity index (χ4n) is 4.57. The first-order valence-corrected chi connectivity index (χ1v) is 12.7. The van der Waals surface area contributed by atoms with Gasteiger partial charge in [-0.1, -0.05) is 59.1 Å². The molecular weight excluding hydrogens is 487 g/mol. The Morgan fingerprint density at radius 2 is 1.59 bits per heavy atom. The van der Waals surface area contributed by atoms with Gasteiger partial charge in [-0.15, -0.1) is 0 Å². The normalized spacial score (nSPS) is 21.5. The number of allylic oxidation sites excluding steroid dienone is 2. The van der Waals surface area contributed by atoms with Crippen LogP contribution in [0.2, 0.25) is 15.1 Å². The molecule has 0 saturated carbocycles. The zero-order valence-corrected chi connectivity index (χ0v) is 19.8. The SMILES string of the molecule is O=S(=O)(Nc1cc(Cl)cc(Cl)c1)c1ccc2c(c1)[C@H]1C=CC[C@H]1[C@@H](c1ccc(Cl)cc1)N2. The van der Waals surface area contributed by atoms with E-state index in [0.717, 1.165) is 23.2 Å². The van der Waals surface area contributed by atoms with Gasteiger partial charge in [0.25, 0.3) is 10.0 Å². The molecule has 2 aliphatic rings. The lowest BCUT2D eigenvalue weighted by Gasteiger charge is -2.37. The highest BCUT2D eigenvalue weighted by atomic mass is 35.5. The number of rotatable bonds is 4. The highest BCUT2D eigenvalue weighted by molar-refractivity contribution is 7.92. The Labute approximate surface area is 202 Å². The lowest BCUT2D eigenvalue weighted by Crippen LogP contribution is -2.29. The summed E-state index contributed by atoms with van der Waals surface area (Å²) < 4.78 is 28.7. The molecule has 0 fully saturated rings. The van der Waals surface area contributed by atoms with Crippen LogP contribution in [-0.2, 0) is 10.0 Å². The minimum absolute atomic E-state index is 0.119.